The predicted molar refractivity (Wildman–Crippen MR) is 54.7 cm³/mol. The summed E-state index contributed by atoms with van der Waals surface area (Å²) in [6.07, 6.45) is 0. The van der Waals surface area contributed by atoms with Crippen molar-refractivity contribution in [3.8, 4) is 0 Å². The summed E-state index contributed by atoms with van der Waals surface area (Å²) in [5, 5.41) is 16.9. The van der Waals surface area contributed by atoms with Gasteiger partial charge in [-0.3, -0.25) is 23.6 Å². The Balaban J connectivity index is 5.48. The lowest BCUT2D eigenvalue weighted by Gasteiger charge is -2.29. The molecule has 13 heteroatoms. The molecule has 0 bridgehead atoms. The maximum Gasteiger partial charge on any atom is 0.355 e. The van der Waals surface area contributed by atoms with Crippen LogP contribution in [-0.4, -0.2) is 65.2 Å². The Morgan fingerprint density at radius 1 is 0.889 bits per heavy atom. The molecule has 0 aromatic heterocycles. The molecule has 0 unspecified atom stereocenters. The first kappa shape index (κ1) is 17.2. The summed E-state index contributed by atoms with van der Waals surface area (Å²) in [4.78, 5) is 56.0. The third-order valence-corrected chi connectivity index (χ3v) is 5.27. The van der Waals surface area contributed by atoms with Crippen LogP contribution in [0.5, 0.6) is 0 Å². The number of carbonyl (C=O) groups is 2. The molecule has 0 rings (SSSR count). The fraction of sp³-hybridized carbons (Fsp3) is 0.600. The maximum atomic E-state index is 11.0. The van der Waals surface area contributed by atoms with Crippen molar-refractivity contribution in [3.63, 3.8) is 0 Å². The lowest BCUT2D eigenvalue weighted by Crippen LogP contribution is -2.42. The molecule has 0 fully saturated rings. The highest BCUT2D eigenvalue weighted by atomic mass is 31.2. The van der Waals surface area contributed by atoms with Gasteiger partial charge in [-0.05, 0) is 0 Å². The van der Waals surface area contributed by atoms with E-state index in [0.717, 1.165) is 0 Å². The minimum Gasteiger partial charge on any atom is -0.480 e. The van der Waals surface area contributed by atoms with Crippen molar-refractivity contribution in [1.29, 1.82) is 0 Å². The summed E-state index contributed by atoms with van der Waals surface area (Å²) >= 11 is 0. The SMILES string of the molecule is O=C(O)CN(CC(=O)O)C(P(=O)(O)O)P(=O)(O)O. The molecule has 0 amide bonds. The Hall–Kier alpha value is -0.800. The summed E-state index contributed by atoms with van der Waals surface area (Å²) in [6.45, 7) is -2.49. The fourth-order valence-corrected chi connectivity index (χ4v) is 3.93. The van der Waals surface area contributed by atoms with E-state index in [-0.39, 0.29) is 4.90 Å². The van der Waals surface area contributed by atoms with E-state index in [1.807, 2.05) is 0 Å². The maximum absolute atomic E-state index is 11.0. The molecule has 0 saturated carbocycles. The smallest absolute Gasteiger partial charge is 0.355 e. The van der Waals surface area contributed by atoms with Crippen molar-refractivity contribution in [1.82, 2.24) is 4.90 Å². The monoisotopic (exact) mass is 307 g/mol. The molecule has 0 aliphatic rings. The molecule has 0 aromatic rings. The summed E-state index contributed by atoms with van der Waals surface area (Å²) in [6, 6.07) is 0. The molecular weight excluding hydrogens is 296 g/mol. The van der Waals surface area contributed by atoms with E-state index in [4.69, 9.17) is 29.8 Å². The molecular formula is C5H11NO10P2. The second-order valence-electron chi connectivity index (χ2n) is 3.22. The van der Waals surface area contributed by atoms with Gasteiger partial charge in [0.1, 0.15) is 0 Å². The van der Waals surface area contributed by atoms with Crippen molar-refractivity contribution < 1.29 is 48.5 Å². The molecule has 6 N–H and O–H groups in total. The predicted octanol–water partition coefficient (Wildman–Crippen LogP) is -1.90. The average Bonchev–Trinajstić information content (AvgIpc) is 1.93. The molecule has 0 radical (unpaired) electrons. The number of nitrogens with zero attached hydrogens (tertiary/aromatic N) is 1. The van der Waals surface area contributed by atoms with Gasteiger partial charge in [0.15, 0.2) is 0 Å². The minimum atomic E-state index is -5.43. The zero-order valence-corrected chi connectivity index (χ0v) is 10.4. The van der Waals surface area contributed by atoms with E-state index in [1.165, 1.54) is 0 Å². The van der Waals surface area contributed by atoms with Crippen LogP contribution in [0.3, 0.4) is 0 Å². The van der Waals surface area contributed by atoms with Crippen molar-refractivity contribution in [2.75, 3.05) is 13.1 Å². The van der Waals surface area contributed by atoms with Gasteiger partial charge in [-0.25, -0.2) is 0 Å². The van der Waals surface area contributed by atoms with E-state index < -0.39 is 45.7 Å². The first-order chi connectivity index (χ1) is 7.85. The molecule has 106 valence electrons. The first-order valence-electron chi connectivity index (χ1n) is 4.13. The number of carboxylic acid groups (broad SMARTS) is 2. The number of rotatable bonds is 7. The first-order valence-corrected chi connectivity index (χ1v) is 7.50. The minimum absolute atomic E-state index is 0.00617. The van der Waals surface area contributed by atoms with Crippen LogP contribution < -0.4 is 0 Å². The summed E-state index contributed by atoms with van der Waals surface area (Å²) in [5.74, 6) is -3.38. The van der Waals surface area contributed by atoms with Gasteiger partial charge in [-0.15, -0.1) is 0 Å². The van der Waals surface area contributed by atoms with E-state index in [9.17, 15) is 18.7 Å². The second kappa shape index (κ2) is 5.89. The third kappa shape index (κ3) is 5.69. The number of carboxylic acids is 2. The number of hydrogen-bond donors (Lipinski definition) is 6. The summed E-state index contributed by atoms with van der Waals surface area (Å²) in [7, 11) is -10.9. The van der Waals surface area contributed by atoms with Crippen molar-refractivity contribution >= 4 is 27.1 Å². The Bertz CT molecular complexity index is 384. The van der Waals surface area contributed by atoms with E-state index in [0.29, 0.717) is 0 Å². The van der Waals surface area contributed by atoms with Crippen LogP contribution in [0.25, 0.3) is 0 Å². The van der Waals surface area contributed by atoms with E-state index in [1.54, 1.807) is 0 Å². The van der Waals surface area contributed by atoms with Crippen LogP contribution in [0.15, 0.2) is 0 Å². The lowest BCUT2D eigenvalue weighted by molar-refractivity contribution is -0.141. The highest BCUT2D eigenvalue weighted by molar-refractivity contribution is 7.70. The highest BCUT2D eigenvalue weighted by Gasteiger charge is 2.48. The largest absolute Gasteiger partial charge is 0.480 e. The molecule has 18 heavy (non-hydrogen) atoms. The van der Waals surface area contributed by atoms with Gasteiger partial charge in [0.2, 0.25) is 5.52 Å². The Morgan fingerprint density at radius 3 is 1.33 bits per heavy atom. The average molecular weight is 307 g/mol. The van der Waals surface area contributed by atoms with Crippen LogP contribution in [0.2, 0.25) is 0 Å². The molecule has 11 nitrogen and oxygen atoms in total. The Kier molecular flexibility index (Phi) is 5.63. The van der Waals surface area contributed by atoms with Crippen molar-refractivity contribution in [2.24, 2.45) is 0 Å². The molecule has 0 aromatic carbocycles. The van der Waals surface area contributed by atoms with Gasteiger partial charge in [-0.1, -0.05) is 0 Å². The molecule has 0 aliphatic heterocycles. The Morgan fingerprint density at radius 2 is 1.17 bits per heavy atom. The van der Waals surface area contributed by atoms with Crippen LogP contribution in [0.4, 0.5) is 0 Å². The topological polar surface area (TPSA) is 193 Å². The molecule has 0 heterocycles. The van der Waals surface area contributed by atoms with Gasteiger partial charge >= 0.3 is 27.1 Å². The number of hydrogen-bond acceptors (Lipinski definition) is 5. The van der Waals surface area contributed by atoms with Crippen molar-refractivity contribution in [2.45, 2.75) is 5.52 Å². The standard InChI is InChI=1S/C5H11NO10P2/c7-3(8)1-6(2-4(9)10)5(17(11,12)13)18(14,15)16/h5H,1-2H2,(H,7,8)(H,9,10)(H2,11,12,13)(H2,14,15,16). The van der Waals surface area contributed by atoms with Crippen LogP contribution in [0.1, 0.15) is 0 Å². The van der Waals surface area contributed by atoms with E-state index >= 15 is 0 Å². The fourth-order valence-electron chi connectivity index (χ4n) is 1.19. The Labute approximate surface area is 100.0 Å². The number of aliphatic carboxylic acids is 2. The van der Waals surface area contributed by atoms with E-state index in [2.05, 4.69) is 0 Å². The third-order valence-electron chi connectivity index (χ3n) is 1.60. The molecule has 0 atom stereocenters. The van der Waals surface area contributed by atoms with Gasteiger partial charge in [-0.2, -0.15) is 0 Å². The van der Waals surface area contributed by atoms with Gasteiger partial charge in [0.05, 0.1) is 13.1 Å². The molecule has 0 spiro atoms. The van der Waals surface area contributed by atoms with Crippen LogP contribution >= 0.6 is 15.2 Å². The van der Waals surface area contributed by atoms with Crippen LogP contribution in [0, 0.1) is 0 Å². The quantitative estimate of drug-likeness (QED) is 0.287. The van der Waals surface area contributed by atoms with Gasteiger partial charge in [0.25, 0.3) is 0 Å². The zero-order valence-electron chi connectivity index (χ0n) is 8.65. The lowest BCUT2D eigenvalue weighted by atomic mass is 10.5. The van der Waals surface area contributed by atoms with Crippen LogP contribution in [-0.2, 0) is 18.7 Å². The second-order valence-corrected chi connectivity index (χ2v) is 6.96. The highest BCUT2D eigenvalue weighted by Crippen LogP contribution is 2.60. The van der Waals surface area contributed by atoms with Gasteiger partial charge < -0.3 is 29.8 Å². The zero-order chi connectivity index (χ0) is 14.7. The van der Waals surface area contributed by atoms with Gasteiger partial charge in [0, 0.05) is 0 Å². The normalized spacial score (nSPS) is 13.0. The molecule has 0 saturated heterocycles. The molecule has 0 aliphatic carbocycles. The summed E-state index contributed by atoms with van der Waals surface area (Å²) < 4.78 is 21.9. The van der Waals surface area contributed by atoms with Crippen molar-refractivity contribution in [3.05, 3.63) is 0 Å². The summed E-state index contributed by atoms with van der Waals surface area (Å²) in [5.41, 5.74) is -2.81.